The first-order valence-corrected chi connectivity index (χ1v) is 8.05. The van der Waals surface area contributed by atoms with E-state index in [2.05, 4.69) is 34.0 Å². The van der Waals surface area contributed by atoms with Gasteiger partial charge in [0.1, 0.15) is 6.33 Å². The highest BCUT2D eigenvalue weighted by Crippen LogP contribution is 2.31. The van der Waals surface area contributed by atoms with Gasteiger partial charge in [0.15, 0.2) is 0 Å². The van der Waals surface area contributed by atoms with E-state index >= 15 is 0 Å². The molecule has 1 aliphatic rings. The second-order valence-corrected chi connectivity index (χ2v) is 6.25. The van der Waals surface area contributed by atoms with Crippen molar-refractivity contribution in [1.82, 2.24) is 15.3 Å². The molecule has 100 valence electrons. The topological polar surface area (TPSA) is 37.8 Å². The maximum absolute atomic E-state index is 4.13. The number of thioether (sulfide) groups is 1. The highest BCUT2D eigenvalue weighted by Gasteiger charge is 2.18. The SMILES string of the molecule is CCCNC(CSC1CCCC1)c1cncnc1. The van der Waals surface area contributed by atoms with E-state index in [-0.39, 0.29) is 0 Å². The van der Waals surface area contributed by atoms with Gasteiger partial charge in [0.05, 0.1) is 0 Å². The van der Waals surface area contributed by atoms with Gasteiger partial charge in [0, 0.05) is 35.0 Å². The fraction of sp³-hybridized carbons (Fsp3) is 0.714. The minimum Gasteiger partial charge on any atom is -0.309 e. The summed E-state index contributed by atoms with van der Waals surface area (Å²) in [6, 6.07) is 0.400. The average molecular weight is 265 g/mol. The van der Waals surface area contributed by atoms with Crippen LogP contribution in [-0.2, 0) is 0 Å². The van der Waals surface area contributed by atoms with Crippen LogP contribution in [0.2, 0.25) is 0 Å². The third-order valence-electron chi connectivity index (χ3n) is 3.42. The van der Waals surface area contributed by atoms with Gasteiger partial charge in [-0.15, -0.1) is 0 Å². The molecule has 1 fully saturated rings. The summed E-state index contributed by atoms with van der Waals surface area (Å²) in [6.07, 6.45) is 12.3. The van der Waals surface area contributed by atoms with Gasteiger partial charge in [0.2, 0.25) is 0 Å². The zero-order valence-electron chi connectivity index (χ0n) is 11.1. The standard InChI is InChI=1S/C14H23N3S/c1-2-7-17-14(12-8-15-11-16-9-12)10-18-13-5-3-4-6-13/h8-9,11,13-14,17H,2-7,10H2,1H3. The van der Waals surface area contributed by atoms with Crippen molar-refractivity contribution < 1.29 is 0 Å². The molecular formula is C14H23N3S. The Morgan fingerprint density at radius 2 is 2.06 bits per heavy atom. The number of hydrogen-bond donors (Lipinski definition) is 1. The molecule has 3 nitrogen and oxygen atoms in total. The van der Waals surface area contributed by atoms with E-state index in [1.165, 1.54) is 31.2 Å². The zero-order chi connectivity index (χ0) is 12.6. The molecule has 0 bridgehead atoms. The predicted octanol–water partition coefficient (Wildman–Crippen LogP) is 3.19. The van der Waals surface area contributed by atoms with Crippen molar-refractivity contribution in [2.24, 2.45) is 0 Å². The lowest BCUT2D eigenvalue weighted by molar-refractivity contribution is 0.573. The molecule has 0 amide bonds. The molecule has 1 N–H and O–H groups in total. The maximum atomic E-state index is 4.13. The molecule has 0 aromatic carbocycles. The van der Waals surface area contributed by atoms with Crippen LogP contribution in [0.4, 0.5) is 0 Å². The normalized spacial score (nSPS) is 18.1. The predicted molar refractivity (Wildman–Crippen MR) is 77.8 cm³/mol. The summed E-state index contributed by atoms with van der Waals surface area (Å²) in [6.45, 7) is 3.26. The lowest BCUT2D eigenvalue weighted by atomic mass is 10.2. The number of nitrogens with zero attached hydrogens (tertiary/aromatic N) is 2. The van der Waals surface area contributed by atoms with Crippen molar-refractivity contribution in [3.05, 3.63) is 24.3 Å². The van der Waals surface area contributed by atoms with E-state index in [4.69, 9.17) is 0 Å². The van der Waals surface area contributed by atoms with Crippen LogP contribution in [0.5, 0.6) is 0 Å². The summed E-state index contributed by atoms with van der Waals surface area (Å²) in [5.41, 5.74) is 1.22. The quantitative estimate of drug-likeness (QED) is 0.821. The van der Waals surface area contributed by atoms with Gasteiger partial charge in [-0.25, -0.2) is 9.97 Å². The van der Waals surface area contributed by atoms with E-state index in [1.54, 1.807) is 6.33 Å². The third kappa shape index (κ3) is 4.25. The Labute approximate surface area is 114 Å². The number of hydrogen-bond acceptors (Lipinski definition) is 4. The second kappa shape index (κ2) is 7.74. The molecule has 1 saturated carbocycles. The molecule has 1 atom stereocenters. The number of rotatable bonds is 7. The van der Waals surface area contributed by atoms with E-state index in [0.29, 0.717) is 6.04 Å². The van der Waals surface area contributed by atoms with Gasteiger partial charge in [-0.05, 0) is 25.8 Å². The third-order valence-corrected chi connectivity index (χ3v) is 4.89. The van der Waals surface area contributed by atoms with Gasteiger partial charge in [-0.3, -0.25) is 0 Å². The number of aromatic nitrogens is 2. The smallest absolute Gasteiger partial charge is 0.115 e. The van der Waals surface area contributed by atoms with Crippen LogP contribution in [0, 0.1) is 0 Å². The molecule has 2 rings (SSSR count). The molecule has 1 heterocycles. The molecule has 4 heteroatoms. The van der Waals surface area contributed by atoms with E-state index < -0.39 is 0 Å². The first-order valence-electron chi connectivity index (χ1n) is 7.00. The molecule has 0 saturated heterocycles. The maximum Gasteiger partial charge on any atom is 0.115 e. The summed E-state index contributed by atoms with van der Waals surface area (Å²) in [5, 5.41) is 4.48. The minimum atomic E-state index is 0.400. The highest BCUT2D eigenvalue weighted by molar-refractivity contribution is 7.99. The monoisotopic (exact) mass is 265 g/mol. The molecule has 1 aromatic heterocycles. The summed E-state index contributed by atoms with van der Waals surface area (Å²) in [4.78, 5) is 8.27. The Hall–Kier alpha value is -0.610. The fourth-order valence-corrected chi connectivity index (χ4v) is 3.81. The minimum absolute atomic E-state index is 0.400. The van der Waals surface area contributed by atoms with Crippen LogP contribution in [0.3, 0.4) is 0 Å². The largest absolute Gasteiger partial charge is 0.309 e. The zero-order valence-corrected chi connectivity index (χ0v) is 12.0. The van der Waals surface area contributed by atoms with Gasteiger partial charge in [-0.2, -0.15) is 11.8 Å². The second-order valence-electron chi connectivity index (χ2n) is 4.92. The van der Waals surface area contributed by atoms with Crippen molar-refractivity contribution in [3.8, 4) is 0 Å². The molecule has 1 aromatic rings. The Balaban J connectivity index is 1.87. The lowest BCUT2D eigenvalue weighted by Gasteiger charge is -2.19. The van der Waals surface area contributed by atoms with Crippen molar-refractivity contribution >= 4 is 11.8 Å². The molecule has 18 heavy (non-hydrogen) atoms. The molecule has 1 aliphatic carbocycles. The van der Waals surface area contributed by atoms with Crippen LogP contribution < -0.4 is 5.32 Å². The van der Waals surface area contributed by atoms with Crippen LogP contribution >= 0.6 is 11.8 Å². The highest BCUT2D eigenvalue weighted by atomic mass is 32.2. The van der Waals surface area contributed by atoms with Crippen LogP contribution in [-0.4, -0.2) is 27.5 Å². The summed E-state index contributed by atoms with van der Waals surface area (Å²) < 4.78 is 0. The van der Waals surface area contributed by atoms with E-state index in [9.17, 15) is 0 Å². The Morgan fingerprint density at radius 3 is 2.72 bits per heavy atom. The first-order chi connectivity index (χ1) is 8.90. The van der Waals surface area contributed by atoms with Crippen molar-refractivity contribution in [3.63, 3.8) is 0 Å². The van der Waals surface area contributed by atoms with Gasteiger partial charge < -0.3 is 5.32 Å². The number of nitrogens with one attached hydrogen (secondary N) is 1. The Kier molecular flexibility index (Phi) is 5.94. The summed E-state index contributed by atoms with van der Waals surface area (Å²) in [5.74, 6) is 1.14. The molecule has 1 unspecified atom stereocenters. The van der Waals surface area contributed by atoms with Gasteiger partial charge in [0.25, 0.3) is 0 Å². The Morgan fingerprint density at radius 1 is 1.33 bits per heavy atom. The van der Waals surface area contributed by atoms with Crippen molar-refractivity contribution in [1.29, 1.82) is 0 Å². The fourth-order valence-electron chi connectivity index (χ4n) is 2.37. The van der Waals surface area contributed by atoms with Crippen LogP contribution in [0.1, 0.15) is 50.6 Å². The first kappa shape index (κ1) is 13.8. The van der Waals surface area contributed by atoms with Gasteiger partial charge in [-0.1, -0.05) is 19.8 Å². The van der Waals surface area contributed by atoms with Gasteiger partial charge >= 0.3 is 0 Å². The van der Waals surface area contributed by atoms with Crippen molar-refractivity contribution in [2.45, 2.75) is 50.3 Å². The lowest BCUT2D eigenvalue weighted by Crippen LogP contribution is -2.25. The average Bonchev–Trinajstić information content (AvgIpc) is 2.93. The summed E-state index contributed by atoms with van der Waals surface area (Å²) in [7, 11) is 0. The summed E-state index contributed by atoms with van der Waals surface area (Å²) >= 11 is 2.12. The molecular weight excluding hydrogens is 242 g/mol. The Bertz CT molecular complexity index is 325. The van der Waals surface area contributed by atoms with Crippen molar-refractivity contribution in [2.75, 3.05) is 12.3 Å². The van der Waals surface area contributed by atoms with E-state index in [1.807, 2.05) is 12.4 Å². The molecule has 0 radical (unpaired) electrons. The van der Waals surface area contributed by atoms with Crippen LogP contribution in [0.15, 0.2) is 18.7 Å². The van der Waals surface area contributed by atoms with Crippen LogP contribution in [0.25, 0.3) is 0 Å². The molecule has 0 aliphatic heterocycles. The van der Waals surface area contributed by atoms with E-state index in [0.717, 1.165) is 24.0 Å². The molecule has 0 spiro atoms.